The third kappa shape index (κ3) is 3.74. The van der Waals surface area contributed by atoms with E-state index in [1.165, 1.54) is 0 Å². The van der Waals surface area contributed by atoms with Crippen molar-refractivity contribution in [3.63, 3.8) is 0 Å². The van der Waals surface area contributed by atoms with Crippen LogP contribution in [0.25, 0.3) is 15.9 Å². The van der Waals surface area contributed by atoms with Crippen LogP contribution in [-0.4, -0.2) is 15.5 Å². The fourth-order valence-electron chi connectivity index (χ4n) is 3.12. The van der Waals surface area contributed by atoms with Gasteiger partial charge in [0.25, 0.3) is 5.91 Å². The SMILES string of the molecule is [C-]#[N+]c1ccc2[nH]c(=S)n(Cc3ccc(C(=O)Nc4ccccc4N)cc3)c2c1. The zero-order valence-corrected chi connectivity index (χ0v) is 16.2. The predicted molar refractivity (Wildman–Crippen MR) is 118 cm³/mol. The number of nitrogen functional groups attached to an aromatic ring is 1. The van der Waals surface area contributed by atoms with E-state index in [1.807, 2.05) is 41.0 Å². The Balaban J connectivity index is 1.56. The number of amides is 1. The number of aromatic nitrogens is 2. The zero-order chi connectivity index (χ0) is 20.4. The summed E-state index contributed by atoms with van der Waals surface area (Å²) in [6.07, 6.45) is 0. The zero-order valence-electron chi connectivity index (χ0n) is 15.3. The minimum atomic E-state index is -0.222. The largest absolute Gasteiger partial charge is 0.397 e. The van der Waals surface area contributed by atoms with Gasteiger partial charge >= 0.3 is 0 Å². The molecule has 3 aromatic carbocycles. The number of rotatable bonds is 4. The molecule has 0 fully saturated rings. The summed E-state index contributed by atoms with van der Waals surface area (Å²) in [5.41, 5.74) is 10.8. The molecule has 4 aromatic rings. The number of nitrogens with two attached hydrogens (primary N) is 1. The lowest BCUT2D eigenvalue weighted by Crippen LogP contribution is -2.13. The normalized spacial score (nSPS) is 10.6. The van der Waals surface area contributed by atoms with E-state index in [-0.39, 0.29) is 5.91 Å². The van der Waals surface area contributed by atoms with Gasteiger partial charge in [-0.1, -0.05) is 30.3 Å². The topological polar surface area (TPSA) is 80.2 Å². The van der Waals surface area contributed by atoms with Crippen LogP contribution >= 0.6 is 12.2 Å². The van der Waals surface area contributed by atoms with Crippen molar-refractivity contribution in [1.29, 1.82) is 0 Å². The van der Waals surface area contributed by atoms with Gasteiger partial charge in [0.15, 0.2) is 10.5 Å². The summed E-state index contributed by atoms with van der Waals surface area (Å²) < 4.78 is 2.53. The van der Waals surface area contributed by atoms with Crippen molar-refractivity contribution in [2.24, 2.45) is 0 Å². The highest BCUT2D eigenvalue weighted by Gasteiger charge is 2.10. The molecule has 1 heterocycles. The highest BCUT2D eigenvalue weighted by molar-refractivity contribution is 7.71. The first kappa shape index (κ1) is 18.5. The number of imidazole rings is 1. The van der Waals surface area contributed by atoms with Crippen LogP contribution in [0.1, 0.15) is 15.9 Å². The van der Waals surface area contributed by atoms with Crippen LogP contribution in [0.15, 0.2) is 66.7 Å². The number of carbonyl (C=O) groups excluding carboxylic acids is 1. The number of nitrogens with one attached hydrogen (secondary N) is 2. The van der Waals surface area contributed by atoms with E-state index >= 15 is 0 Å². The van der Waals surface area contributed by atoms with Gasteiger partial charge in [-0.2, -0.15) is 0 Å². The van der Waals surface area contributed by atoms with Crippen molar-refractivity contribution < 1.29 is 4.79 Å². The predicted octanol–water partition coefficient (Wildman–Crippen LogP) is 5.13. The van der Waals surface area contributed by atoms with Crippen LogP contribution in [0.3, 0.4) is 0 Å². The van der Waals surface area contributed by atoms with Crippen LogP contribution in [-0.2, 0) is 6.54 Å². The Hall–Kier alpha value is -3.89. The number of fused-ring (bicyclic) bond motifs is 1. The number of aromatic amines is 1. The average Bonchev–Trinajstić information content (AvgIpc) is 3.04. The van der Waals surface area contributed by atoms with E-state index in [2.05, 4.69) is 15.1 Å². The van der Waals surface area contributed by atoms with Crippen LogP contribution in [0.5, 0.6) is 0 Å². The molecule has 29 heavy (non-hydrogen) atoms. The van der Waals surface area contributed by atoms with Gasteiger partial charge < -0.3 is 20.6 Å². The molecule has 0 aliphatic rings. The Morgan fingerprint density at radius 2 is 1.90 bits per heavy atom. The molecule has 1 amide bonds. The van der Waals surface area contributed by atoms with Gasteiger partial charge in [-0.3, -0.25) is 4.79 Å². The van der Waals surface area contributed by atoms with Gasteiger partial charge in [0.05, 0.1) is 35.5 Å². The molecule has 0 radical (unpaired) electrons. The number of anilines is 2. The molecule has 0 aliphatic heterocycles. The molecule has 6 nitrogen and oxygen atoms in total. The lowest BCUT2D eigenvalue weighted by atomic mass is 10.1. The number of para-hydroxylation sites is 2. The molecular weight excluding hydrogens is 382 g/mol. The van der Waals surface area contributed by atoms with Crippen molar-refractivity contribution in [2.45, 2.75) is 6.54 Å². The Bertz CT molecular complexity index is 1310. The molecule has 0 atom stereocenters. The monoisotopic (exact) mass is 399 g/mol. The van der Waals surface area contributed by atoms with Crippen LogP contribution < -0.4 is 11.1 Å². The number of H-pyrrole nitrogens is 1. The summed E-state index contributed by atoms with van der Waals surface area (Å²) in [6, 6.07) is 19.9. The lowest BCUT2D eigenvalue weighted by molar-refractivity contribution is 0.102. The summed E-state index contributed by atoms with van der Waals surface area (Å²) in [5, 5.41) is 2.82. The smallest absolute Gasteiger partial charge is 0.255 e. The average molecular weight is 399 g/mol. The Labute approximate surface area is 172 Å². The second-order valence-corrected chi connectivity index (χ2v) is 6.95. The van der Waals surface area contributed by atoms with Crippen molar-refractivity contribution >= 4 is 46.2 Å². The second kappa shape index (κ2) is 7.62. The molecule has 0 unspecified atom stereocenters. The van der Waals surface area contributed by atoms with E-state index in [0.717, 1.165) is 16.6 Å². The van der Waals surface area contributed by atoms with E-state index in [4.69, 9.17) is 24.5 Å². The molecule has 0 saturated carbocycles. The maximum absolute atomic E-state index is 12.5. The minimum absolute atomic E-state index is 0.222. The standard InChI is InChI=1S/C22H17N5OS/c1-24-16-10-11-19-20(12-16)27(22(29)26-19)13-14-6-8-15(9-7-14)21(28)25-18-5-3-2-4-17(18)23/h2-12H,13,23H2,(H,25,28)(H,26,29). The molecule has 0 saturated heterocycles. The molecule has 1 aromatic heterocycles. The van der Waals surface area contributed by atoms with E-state index in [1.54, 1.807) is 30.3 Å². The van der Waals surface area contributed by atoms with Gasteiger partial charge in [0.2, 0.25) is 0 Å². The van der Waals surface area contributed by atoms with Crippen LogP contribution in [0.2, 0.25) is 0 Å². The number of benzene rings is 3. The summed E-state index contributed by atoms with van der Waals surface area (Å²) in [7, 11) is 0. The van der Waals surface area contributed by atoms with Gasteiger partial charge in [-0.15, -0.1) is 0 Å². The van der Waals surface area contributed by atoms with Crippen LogP contribution in [0, 0.1) is 11.3 Å². The third-order valence-corrected chi connectivity index (χ3v) is 4.98. The second-order valence-electron chi connectivity index (χ2n) is 6.57. The first-order valence-electron chi connectivity index (χ1n) is 8.90. The highest BCUT2D eigenvalue weighted by atomic mass is 32.1. The van der Waals surface area contributed by atoms with Crippen molar-refractivity contribution in [2.75, 3.05) is 11.1 Å². The maximum atomic E-state index is 12.5. The third-order valence-electron chi connectivity index (χ3n) is 4.65. The minimum Gasteiger partial charge on any atom is -0.397 e. The molecule has 142 valence electrons. The number of carbonyl (C=O) groups is 1. The number of nitrogens with zero attached hydrogens (tertiary/aromatic N) is 2. The first-order valence-corrected chi connectivity index (χ1v) is 9.31. The molecule has 4 N–H and O–H groups in total. The molecule has 0 bridgehead atoms. The molecule has 0 spiro atoms. The molecular formula is C22H17N5OS. The fraction of sp³-hybridized carbons (Fsp3) is 0.0455. The van der Waals surface area contributed by atoms with Gasteiger partial charge in [-0.05, 0) is 54.2 Å². The van der Waals surface area contributed by atoms with E-state index in [0.29, 0.717) is 33.9 Å². The van der Waals surface area contributed by atoms with Crippen molar-refractivity contribution in [3.05, 3.63) is 94.0 Å². The summed E-state index contributed by atoms with van der Waals surface area (Å²) in [5.74, 6) is -0.222. The number of hydrogen-bond acceptors (Lipinski definition) is 3. The van der Waals surface area contributed by atoms with Crippen molar-refractivity contribution in [3.8, 4) is 0 Å². The first-order chi connectivity index (χ1) is 14.0. The quantitative estimate of drug-likeness (QED) is 0.253. The highest BCUT2D eigenvalue weighted by Crippen LogP contribution is 2.23. The maximum Gasteiger partial charge on any atom is 0.255 e. The van der Waals surface area contributed by atoms with Crippen LogP contribution in [0.4, 0.5) is 17.1 Å². The van der Waals surface area contributed by atoms with Gasteiger partial charge in [-0.25, -0.2) is 4.85 Å². The van der Waals surface area contributed by atoms with Gasteiger partial charge in [0, 0.05) is 5.56 Å². The van der Waals surface area contributed by atoms with E-state index in [9.17, 15) is 4.79 Å². The molecule has 4 rings (SSSR count). The summed E-state index contributed by atoms with van der Waals surface area (Å²) in [4.78, 5) is 19.1. The number of hydrogen-bond donors (Lipinski definition) is 3. The van der Waals surface area contributed by atoms with Crippen molar-refractivity contribution in [1.82, 2.24) is 9.55 Å². The lowest BCUT2D eigenvalue weighted by Gasteiger charge is -2.09. The fourth-order valence-corrected chi connectivity index (χ4v) is 3.39. The Morgan fingerprint density at radius 1 is 1.14 bits per heavy atom. The van der Waals surface area contributed by atoms with Gasteiger partial charge in [0.1, 0.15) is 0 Å². The molecule has 0 aliphatic carbocycles. The summed E-state index contributed by atoms with van der Waals surface area (Å²) in [6.45, 7) is 7.74. The molecule has 7 heteroatoms. The summed E-state index contributed by atoms with van der Waals surface area (Å²) >= 11 is 5.44. The van der Waals surface area contributed by atoms with E-state index < -0.39 is 0 Å². The Morgan fingerprint density at radius 3 is 2.62 bits per heavy atom. The Kier molecular flexibility index (Phi) is 4.85.